The lowest BCUT2D eigenvalue weighted by atomic mass is 9.78. The van der Waals surface area contributed by atoms with Crippen LogP contribution in [-0.4, -0.2) is 190 Å². The maximum absolute atomic E-state index is 14.0. The summed E-state index contributed by atoms with van der Waals surface area (Å²) in [6.07, 6.45) is 19.5. The highest BCUT2D eigenvalue weighted by molar-refractivity contribution is 8.14. The fourth-order valence-electron chi connectivity index (χ4n) is 17.1. The number of carbonyl (C=O) groups is 13. The number of benzene rings is 3. The predicted octanol–water partition coefficient (Wildman–Crippen LogP) is 15.1. The van der Waals surface area contributed by atoms with Gasteiger partial charge in [-0.3, -0.25) is 47.9 Å². The number of Topliss-reactive ketones (excluding diaryl/α,β-unsaturated/α-hetero) is 7. The number of nitrogens with one attached hydrogen (secondary N) is 3. The van der Waals surface area contributed by atoms with Gasteiger partial charge in [-0.2, -0.15) is 0 Å². The molecular formula is C96H133ClFN3O19S3. The fraction of sp³-hybridized carbons (Fsp3) is 0.635. The zero-order chi connectivity index (χ0) is 88.7. The zero-order valence-electron chi connectivity index (χ0n) is 72.6. The van der Waals surface area contributed by atoms with Crippen LogP contribution in [0.15, 0.2) is 103 Å². The lowest BCUT2D eigenvalue weighted by Crippen LogP contribution is -2.36. The molecule has 0 spiro atoms. The quantitative estimate of drug-likeness (QED) is 0.0996. The maximum Gasteiger partial charge on any atom is 0.224 e. The summed E-state index contributed by atoms with van der Waals surface area (Å²) >= 11 is 9.28. The Hall–Kier alpha value is -6.72. The van der Waals surface area contributed by atoms with Crippen molar-refractivity contribution in [3.8, 4) is 0 Å². The molecule has 3 saturated heterocycles. The SMILES string of the molecule is C=C1COCCOCCNC(=O)[C@@H](CC(C)=O)CSC(=O)[C@H](Cc2cccc(Cl)c2)CC(=O)[C@H](CC2CCCCC2)C1.C=C1COCCOCCNC(=O)[C@@H](CC(C)=O)CSC(=O)[C@H](Cc2ccccc2)CC(=O)[C@H](CC2CCCC2)C1.CC(=O)C[C@H]1CSC(=O)[C@H](Cc2cccc(F)c2)CC(=O)[C@H](CC2CCCC2)CC(=O)COCCOCCNC1=O. The summed E-state index contributed by atoms with van der Waals surface area (Å²) in [5.74, 6) is -4.80. The third-order valence-electron chi connectivity index (χ3n) is 23.5. The van der Waals surface area contributed by atoms with Crippen molar-refractivity contribution in [2.75, 3.05) is 116 Å². The van der Waals surface area contributed by atoms with E-state index in [1.807, 2.05) is 48.5 Å². The van der Waals surface area contributed by atoms with Crippen LogP contribution < -0.4 is 16.0 Å². The first-order chi connectivity index (χ1) is 59.2. The first-order valence-corrected chi connectivity index (χ1v) is 47.8. The van der Waals surface area contributed by atoms with Crippen LogP contribution >= 0.6 is 46.9 Å². The zero-order valence-corrected chi connectivity index (χ0v) is 75.8. The molecule has 0 unspecified atom stereocenters. The summed E-state index contributed by atoms with van der Waals surface area (Å²) in [4.78, 5) is 169. The molecule has 3 aromatic rings. The molecule has 22 nitrogen and oxygen atoms in total. The molecule has 678 valence electrons. The van der Waals surface area contributed by atoms with Crippen molar-refractivity contribution < 1.29 is 95.1 Å². The summed E-state index contributed by atoms with van der Waals surface area (Å²) in [5, 5.41) is 8.41. The molecule has 3 N–H and O–H groups in total. The highest BCUT2D eigenvalue weighted by atomic mass is 35.5. The number of rotatable bonds is 18. The monoisotopic (exact) mass is 1780 g/mol. The number of ketones is 7. The fourth-order valence-corrected chi connectivity index (χ4v) is 20.4. The molecule has 0 bridgehead atoms. The second-order valence-electron chi connectivity index (χ2n) is 34.3. The molecule has 3 aromatic carbocycles. The Morgan fingerprint density at radius 2 is 0.715 bits per heavy atom. The third kappa shape index (κ3) is 42.2. The number of hydrogen-bond acceptors (Lipinski definition) is 22. The van der Waals surface area contributed by atoms with Crippen LogP contribution in [0.3, 0.4) is 0 Å². The number of hydrogen-bond donors (Lipinski definition) is 3. The van der Waals surface area contributed by atoms with E-state index in [4.69, 9.17) is 40.0 Å². The Kier molecular flexibility index (Phi) is 49.2. The average molecular weight is 1780 g/mol. The Balaban J connectivity index is 0.000000254. The number of ether oxygens (including phenoxy) is 6. The van der Waals surface area contributed by atoms with Crippen molar-refractivity contribution >= 4 is 120 Å². The van der Waals surface area contributed by atoms with Gasteiger partial charge in [0, 0.05) is 122 Å². The first-order valence-electron chi connectivity index (χ1n) is 44.5. The van der Waals surface area contributed by atoms with Crippen molar-refractivity contribution in [1.82, 2.24) is 16.0 Å². The molecule has 3 amide bonds. The number of halogens is 2. The molecular weight excluding hydrogens is 1650 g/mol. The molecule has 0 radical (unpaired) electrons. The lowest BCUT2D eigenvalue weighted by Gasteiger charge is -2.27. The summed E-state index contributed by atoms with van der Waals surface area (Å²) in [6.45, 7) is 17.0. The highest BCUT2D eigenvalue weighted by Gasteiger charge is 2.37. The number of thioether (sulfide) groups is 3. The van der Waals surface area contributed by atoms with Gasteiger partial charge in [-0.25, -0.2) is 4.39 Å². The molecule has 6 aliphatic rings. The van der Waals surface area contributed by atoms with E-state index in [0.717, 1.165) is 122 Å². The molecule has 0 aromatic heterocycles. The summed E-state index contributed by atoms with van der Waals surface area (Å²) in [7, 11) is 0. The van der Waals surface area contributed by atoms with Gasteiger partial charge in [0.25, 0.3) is 0 Å². The maximum atomic E-state index is 14.0. The van der Waals surface area contributed by atoms with Crippen molar-refractivity contribution in [3.05, 3.63) is 131 Å². The Morgan fingerprint density at radius 3 is 1.09 bits per heavy atom. The third-order valence-corrected chi connectivity index (χ3v) is 27.3. The minimum absolute atomic E-state index is 0.0140. The first kappa shape index (κ1) is 103. The predicted molar refractivity (Wildman–Crippen MR) is 479 cm³/mol. The number of amides is 3. The van der Waals surface area contributed by atoms with Gasteiger partial charge in [0.1, 0.15) is 47.1 Å². The van der Waals surface area contributed by atoms with Crippen LogP contribution in [0.25, 0.3) is 0 Å². The second kappa shape index (κ2) is 58.6. The average Bonchev–Trinajstić information content (AvgIpc) is 1.72. The minimum atomic E-state index is -0.761. The standard InChI is InChI=1S/C33H46ClNO6S.C32H45NO6S.C31H42FNO7S/c1-23-15-27(17-25-7-4-3-5-8-25)31(37)20-28(18-26-9-6-10-30(34)19-26)33(39)42-22-29(16-24(2)36)32(38)35-11-12-40-13-14-41-21-23;1-23-16-27(18-25-10-6-7-11-25)30(35)20-28(19-26-8-4-3-5-9-26)32(37)40-22-29(17-24(2)34)31(36)33-12-13-38-14-15-39-21-23;1-21(34)13-26-20-41-31(38)25(15-23-7-4-8-27(32)16-23)18-29(36)24(14-22-5-2-3-6-22)17-28(35)19-40-12-11-39-10-9-33-30(26)37/h6,9-10,19,25,27-29H,1,3-5,7-8,11-18,20-22H2,2H3,(H,35,38);3-5,8-9,25,27-29H,1,6-7,10-22H2,2H3,(H,33,36);4,7-8,16,22,24-26H,2-3,5-6,9-15,17-20H2,1H3,(H,33,37)/t2*27-,28+,29-;24-,25-,26+/m001/s1. The molecule has 3 aliphatic heterocycles. The number of carbonyl (C=O) groups excluding carboxylic acids is 13. The summed E-state index contributed by atoms with van der Waals surface area (Å²) < 4.78 is 47.5. The Morgan fingerprint density at radius 1 is 0.382 bits per heavy atom. The van der Waals surface area contributed by atoms with Crippen molar-refractivity contribution in [2.24, 2.45) is 71.0 Å². The molecule has 3 heterocycles. The molecule has 27 heteroatoms. The molecule has 6 fully saturated rings. The van der Waals surface area contributed by atoms with Crippen LogP contribution in [0.4, 0.5) is 4.39 Å². The second-order valence-corrected chi connectivity index (χ2v) is 37.8. The van der Waals surface area contributed by atoms with E-state index in [1.165, 1.54) is 65.0 Å². The molecule has 3 aliphatic carbocycles. The molecule has 9 rings (SSSR count). The normalized spacial score (nSPS) is 25.4. The topological polar surface area (TPSA) is 313 Å². The van der Waals surface area contributed by atoms with Crippen molar-refractivity contribution in [2.45, 2.75) is 201 Å². The van der Waals surface area contributed by atoms with Crippen molar-refractivity contribution in [3.63, 3.8) is 0 Å². The summed E-state index contributed by atoms with van der Waals surface area (Å²) in [5.41, 5.74) is 4.22. The van der Waals surface area contributed by atoms with Crippen LogP contribution in [0.1, 0.15) is 198 Å². The van der Waals surface area contributed by atoms with Crippen LogP contribution in [0.5, 0.6) is 0 Å². The Bertz CT molecular complexity index is 3910. The van der Waals surface area contributed by atoms with Gasteiger partial charge >= 0.3 is 0 Å². The highest BCUT2D eigenvalue weighted by Crippen LogP contribution is 2.39. The van der Waals surface area contributed by atoms with Gasteiger partial charge in [-0.1, -0.05) is 209 Å². The van der Waals surface area contributed by atoms with Gasteiger partial charge in [-0.15, -0.1) is 0 Å². The minimum Gasteiger partial charge on any atom is -0.377 e. The van der Waals surface area contributed by atoms with E-state index in [0.29, 0.717) is 126 Å². The van der Waals surface area contributed by atoms with E-state index in [-0.39, 0.29) is 187 Å². The van der Waals surface area contributed by atoms with Crippen LogP contribution in [0.2, 0.25) is 5.02 Å². The van der Waals surface area contributed by atoms with E-state index in [9.17, 15) is 66.7 Å². The summed E-state index contributed by atoms with van der Waals surface area (Å²) in [6, 6.07) is 23.0. The van der Waals surface area contributed by atoms with E-state index < -0.39 is 47.2 Å². The van der Waals surface area contributed by atoms with E-state index in [1.54, 1.807) is 18.2 Å². The Labute approximate surface area is 745 Å². The van der Waals surface area contributed by atoms with Gasteiger partial charge in [0.15, 0.2) is 21.1 Å². The van der Waals surface area contributed by atoms with Crippen molar-refractivity contribution in [1.29, 1.82) is 0 Å². The van der Waals surface area contributed by atoms with Gasteiger partial charge in [0.2, 0.25) is 17.7 Å². The van der Waals surface area contributed by atoms with Crippen LogP contribution in [0, 0.1) is 76.8 Å². The molecule has 9 atom stereocenters. The smallest absolute Gasteiger partial charge is 0.224 e. The van der Waals surface area contributed by atoms with E-state index in [2.05, 4.69) is 29.1 Å². The van der Waals surface area contributed by atoms with Gasteiger partial charge in [0.05, 0.1) is 90.4 Å². The van der Waals surface area contributed by atoms with Gasteiger partial charge < -0.3 is 58.8 Å². The molecule has 3 saturated carbocycles. The largest absolute Gasteiger partial charge is 0.377 e. The van der Waals surface area contributed by atoms with Crippen LogP contribution in [-0.2, 0) is 110 Å². The molecule has 123 heavy (non-hydrogen) atoms. The van der Waals surface area contributed by atoms with E-state index >= 15 is 0 Å². The van der Waals surface area contributed by atoms with Gasteiger partial charge in [-0.05, 0) is 131 Å². The lowest BCUT2D eigenvalue weighted by molar-refractivity contribution is -0.132.